The molecule has 172 valence electrons. The Balaban J connectivity index is 2.02. The largest absolute Gasteiger partial charge is 0.438 e. The first-order chi connectivity index (χ1) is 15.4. The SMILES string of the molecule is CC[C@@H](O)CN(CCOC)Cc1c(C)nn(-c2ccc(Cl)cc2)c1Oc1cccc(F)c1. The van der Waals surface area contributed by atoms with Crippen molar-refractivity contribution in [1.82, 2.24) is 14.7 Å². The lowest BCUT2D eigenvalue weighted by Crippen LogP contribution is -2.34. The van der Waals surface area contributed by atoms with Crippen molar-refractivity contribution in [3.8, 4) is 17.3 Å². The van der Waals surface area contributed by atoms with E-state index in [0.29, 0.717) is 49.3 Å². The van der Waals surface area contributed by atoms with Gasteiger partial charge < -0.3 is 14.6 Å². The van der Waals surface area contributed by atoms with Crippen LogP contribution in [-0.2, 0) is 11.3 Å². The minimum Gasteiger partial charge on any atom is -0.438 e. The molecule has 3 rings (SSSR count). The van der Waals surface area contributed by atoms with Crippen LogP contribution in [0.2, 0.25) is 5.02 Å². The molecule has 0 radical (unpaired) electrons. The molecule has 0 bridgehead atoms. The summed E-state index contributed by atoms with van der Waals surface area (Å²) in [6.07, 6.45) is 0.199. The van der Waals surface area contributed by atoms with Crippen LogP contribution in [0, 0.1) is 12.7 Å². The molecule has 0 saturated heterocycles. The zero-order valence-electron chi connectivity index (χ0n) is 18.6. The van der Waals surface area contributed by atoms with Crippen molar-refractivity contribution < 1.29 is 19.0 Å². The first kappa shape index (κ1) is 24.2. The van der Waals surface area contributed by atoms with Crippen LogP contribution in [0.15, 0.2) is 48.5 Å². The van der Waals surface area contributed by atoms with Crippen molar-refractivity contribution in [2.24, 2.45) is 0 Å². The summed E-state index contributed by atoms with van der Waals surface area (Å²) >= 11 is 6.06. The van der Waals surface area contributed by atoms with Crippen molar-refractivity contribution in [3.63, 3.8) is 0 Å². The Morgan fingerprint density at radius 2 is 1.97 bits per heavy atom. The van der Waals surface area contributed by atoms with Gasteiger partial charge in [0.2, 0.25) is 5.88 Å². The maximum Gasteiger partial charge on any atom is 0.227 e. The fourth-order valence-corrected chi connectivity index (χ4v) is 3.46. The lowest BCUT2D eigenvalue weighted by molar-refractivity contribution is 0.0825. The predicted octanol–water partition coefficient (Wildman–Crippen LogP) is 4.98. The number of nitrogens with zero attached hydrogens (tertiary/aromatic N) is 3. The van der Waals surface area contributed by atoms with E-state index >= 15 is 0 Å². The minimum absolute atomic E-state index is 0.374. The number of halogens is 2. The van der Waals surface area contributed by atoms with Gasteiger partial charge >= 0.3 is 0 Å². The minimum atomic E-state index is -0.453. The van der Waals surface area contributed by atoms with E-state index in [1.165, 1.54) is 12.1 Å². The highest BCUT2D eigenvalue weighted by Crippen LogP contribution is 2.32. The number of aliphatic hydroxyl groups is 1. The number of ether oxygens (including phenoxy) is 2. The van der Waals surface area contributed by atoms with Gasteiger partial charge in [0.1, 0.15) is 11.6 Å². The highest BCUT2D eigenvalue weighted by molar-refractivity contribution is 6.30. The summed E-state index contributed by atoms with van der Waals surface area (Å²) in [5.41, 5.74) is 2.40. The molecule has 1 N–H and O–H groups in total. The van der Waals surface area contributed by atoms with Crippen LogP contribution in [0.1, 0.15) is 24.6 Å². The van der Waals surface area contributed by atoms with Crippen molar-refractivity contribution in [2.75, 3.05) is 26.8 Å². The molecule has 2 aromatic carbocycles. The molecule has 1 aromatic heterocycles. The fraction of sp³-hybridized carbons (Fsp3) is 0.375. The van der Waals surface area contributed by atoms with E-state index in [2.05, 4.69) is 4.90 Å². The summed E-state index contributed by atoms with van der Waals surface area (Å²) in [6.45, 7) is 6.00. The molecule has 0 fully saturated rings. The zero-order chi connectivity index (χ0) is 23.1. The maximum absolute atomic E-state index is 13.8. The van der Waals surface area contributed by atoms with Gasteiger partial charge in [-0.05, 0) is 49.7 Å². The summed E-state index contributed by atoms with van der Waals surface area (Å²) in [7, 11) is 1.65. The molecule has 8 heteroatoms. The molecular formula is C24H29ClFN3O3. The average molecular weight is 462 g/mol. The van der Waals surface area contributed by atoms with Crippen molar-refractivity contribution >= 4 is 11.6 Å². The molecule has 1 heterocycles. The summed E-state index contributed by atoms with van der Waals surface area (Å²) in [5, 5.41) is 15.5. The lowest BCUT2D eigenvalue weighted by Gasteiger charge is -2.24. The third kappa shape index (κ3) is 6.29. The van der Waals surface area contributed by atoms with Gasteiger partial charge in [0.25, 0.3) is 0 Å². The summed E-state index contributed by atoms with van der Waals surface area (Å²) in [5.74, 6) is 0.480. The van der Waals surface area contributed by atoms with Gasteiger partial charge in [-0.1, -0.05) is 24.6 Å². The Labute approximate surface area is 193 Å². The van der Waals surface area contributed by atoms with E-state index in [9.17, 15) is 9.50 Å². The topological polar surface area (TPSA) is 59.8 Å². The number of aryl methyl sites for hydroxylation is 1. The number of hydrogen-bond acceptors (Lipinski definition) is 5. The molecule has 0 saturated carbocycles. The van der Waals surface area contributed by atoms with Crippen LogP contribution in [0.4, 0.5) is 4.39 Å². The molecule has 1 atom stereocenters. The summed E-state index contributed by atoms with van der Waals surface area (Å²) in [6, 6.07) is 13.3. The standard InChI is InChI=1S/C24H29ClFN3O3/c1-4-21(30)15-28(12-13-31-3)16-23-17(2)27-29(20-10-8-18(25)9-11-20)24(23)32-22-7-5-6-19(26)14-22/h5-11,14,21,30H,4,12-13,15-16H2,1-3H3/t21-/m1/s1. The van der Waals surface area contributed by atoms with Gasteiger partial charge in [-0.15, -0.1) is 0 Å². The summed E-state index contributed by atoms with van der Waals surface area (Å²) < 4.78 is 26.9. The van der Waals surface area contributed by atoms with Crippen LogP contribution in [0.3, 0.4) is 0 Å². The number of methoxy groups -OCH3 is 1. The van der Waals surface area contributed by atoms with Crippen molar-refractivity contribution in [2.45, 2.75) is 32.9 Å². The Bertz CT molecular complexity index is 1010. The van der Waals surface area contributed by atoms with E-state index in [1.807, 2.05) is 26.0 Å². The van der Waals surface area contributed by atoms with Crippen LogP contribution >= 0.6 is 11.6 Å². The summed E-state index contributed by atoms with van der Waals surface area (Å²) in [4.78, 5) is 2.10. The van der Waals surface area contributed by atoms with Gasteiger partial charge in [0.05, 0.1) is 29.7 Å². The van der Waals surface area contributed by atoms with Gasteiger partial charge in [0.15, 0.2) is 0 Å². The molecular weight excluding hydrogens is 433 g/mol. The molecule has 32 heavy (non-hydrogen) atoms. The van der Waals surface area contributed by atoms with E-state index < -0.39 is 6.10 Å². The van der Waals surface area contributed by atoms with Crippen LogP contribution in [0.25, 0.3) is 5.69 Å². The second kappa shape index (κ2) is 11.4. The number of benzene rings is 2. The van der Waals surface area contributed by atoms with Gasteiger partial charge in [-0.3, -0.25) is 4.90 Å². The molecule has 6 nitrogen and oxygen atoms in total. The first-order valence-corrected chi connectivity index (χ1v) is 11.0. The monoisotopic (exact) mass is 461 g/mol. The molecule has 0 aliphatic heterocycles. The first-order valence-electron chi connectivity index (χ1n) is 10.6. The highest BCUT2D eigenvalue weighted by Gasteiger charge is 2.22. The molecule has 0 aliphatic rings. The average Bonchev–Trinajstić information content (AvgIpc) is 3.07. The van der Waals surface area contributed by atoms with E-state index in [4.69, 9.17) is 26.2 Å². The second-order valence-corrected chi connectivity index (χ2v) is 8.04. The fourth-order valence-electron chi connectivity index (χ4n) is 3.33. The lowest BCUT2D eigenvalue weighted by atomic mass is 10.2. The molecule has 0 aliphatic carbocycles. The smallest absolute Gasteiger partial charge is 0.227 e. The Morgan fingerprint density at radius 3 is 2.62 bits per heavy atom. The van der Waals surface area contributed by atoms with Crippen LogP contribution in [0.5, 0.6) is 11.6 Å². The van der Waals surface area contributed by atoms with E-state index in [1.54, 1.807) is 36.1 Å². The molecule has 3 aromatic rings. The van der Waals surface area contributed by atoms with Gasteiger partial charge in [0, 0.05) is 37.8 Å². The highest BCUT2D eigenvalue weighted by atomic mass is 35.5. The van der Waals surface area contributed by atoms with Gasteiger partial charge in [-0.2, -0.15) is 5.10 Å². The Kier molecular flexibility index (Phi) is 8.64. The molecule has 0 amide bonds. The third-order valence-electron chi connectivity index (χ3n) is 5.15. The molecule has 0 spiro atoms. The zero-order valence-corrected chi connectivity index (χ0v) is 19.3. The number of rotatable bonds is 11. The van der Waals surface area contributed by atoms with Crippen molar-refractivity contribution in [1.29, 1.82) is 0 Å². The maximum atomic E-state index is 13.8. The van der Waals surface area contributed by atoms with Crippen LogP contribution in [-0.4, -0.2) is 52.7 Å². The van der Waals surface area contributed by atoms with Gasteiger partial charge in [-0.25, -0.2) is 9.07 Å². The third-order valence-corrected chi connectivity index (χ3v) is 5.40. The van der Waals surface area contributed by atoms with E-state index in [0.717, 1.165) is 16.9 Å². The normalized spacial score (nSPS) is 12.3. The van der Waals surface area contributed by atoms with Crippen LogP contribution < -0.4 is 4.74 Å². The van der Waals surface area contributed by atoms with Crippen molar-refractivity contribution in [3.05, 3.63) is 70.6 Å². The Hall–Kier alpha value is -2.45. The predicted molar refractivity (Wildman–Crippen MR) is 123 cm³/mol. The number of aliphatic hydroxyl groups excluding tert-OH is 1. The number of aromatic nitrogens is 2. The molecule has 0 unspecified atom stereocenters. The quantitative estimate of drug-likeness (QED) is 0.436. The number of hydrogen-bond donors (Lipinski definition) is 1. The second-order valence-electron chi connectivity index (χ2n) is 7.61. The Morgan fingerprint density at radius 1 is 1.22 bits per heavy atom. The van der Waals surface area contributed by atoms with E-state index in [-0.39, 0.29) is 5.82 Å².